The monoisotopic (exact) mass is 838 g/mol. The maximum absolute atomic E-state index is 13.8. The van der Waals surface area contributed by atoms with Gasteiger partial charge >= 0.3 is 6.03 Å². The van der Waals surface area contributed by atoms with Crippen molar-refractivity contribution in [3.05, 3.63) is 81.8 Å². The number of likely N-dealkylation sites (tertiary alicyclic amines) is 1. The number of piperidine rings is 2. The van der Waals surface area contributed by atoms with Gasteiger partial charge in [-0.2, -0.15) is 14.4 Å². The molecule has 3 saturated heterocycles. The fraction of sp³-hybridized carbons (Fsp3) is 0.488. The maximum Gasteiger partial charge on any atom is 0.329 e. The van der Waals surface area contributed by atoms with Crippen molar-refractivity contribution in [3.63, 3.8) is 0 Å². The molecule has 3 aromatic heterocycles. The third-order valence-corrected chi connectivity index (χ3v) is 14.1. The Morgan fingerprint density at radius 1 is 0.967 bits per heavy atom. The summed E-state index contributed by atoms with van der Waals surface area (Å²) in [5.41, 5.74) is 4.17. The fourth-order valence-corrected chi connectivity index (χ4v) is 10.5. The Kier molecular flexibility index (Phi) is 12.0. The molecule has 17 heteroatoms. The normalized spacial score (nSPS) is 18.4. The van der Waals surface area contributed by atoms with Crippen molar-refractivity contribution in [2.24, 2.45) is 20.0 Å². The van der Waals surface area contributed by atoms with Gasteiger partial charge in [-0.15, -0.1) is 0 Å². The smallest absolute Gasteiger partial charge is 0.329 e. The predicted molar refractivity (Wildman–Crippen MR) is 229 cm³/mol. The van der Waals surface area contributed by atoms with Crippen LogP contribution in [0.25, 0.3) is 21.9 Å². The molecule has 0 saturated carbocycles. The van der Waals surface area contributed by atoms with E-state index in [-0.39, 0.29) is 30.5 Å². The van der Waals surface area contributed by atoms with Gasteiger partial charge in [0.2, 0.25) is 21.9 Å². The molecule has 3 aliphatic rings. The van der Waals surface area contributed by atoms with E-state index in [2.05, 4.69) is 49.7 Å². The molecule has 1 atom stereocenters. The van der Waals surface area contributed by atoms with Gasteiger partial charge in [0.1, 0.15) is 5.65 Å². The van der Waals surface area contributed by atoms with Crippen molar-refractivity contribution in [2.45, 2.75) is 75.8 Å². The predicted octanol–water partition coefficient (Wildman–Crippen LogP) is 4.52. The number of nitrogens with zero attached hydrogens (tertiary/aromatic N) is 8. The molecule has 0 radical (unpaired) electrons. The van der Waals surface area contributed by atoms with Gasteiger partial charge in [0.25, 0.3) is 5.56 Å². The summed E-state index contributed by atoms with van der Waals surface area (Å²) < 4.78 is 38.0. The van der Waals surface area contributed by atoms with Gasteiger partial charge in [-0.1, -0.05) is 25.1 Å². The van der Waals surface area contributed by atoms with E-state index in [4.69, 9.17) is 4.74 Å². The van der Waals surface area contributed by atoms with Crippen molar-refractivity contribution in [3.8, 4) is 0 Å². The minimum absolute atomic E-state index is 0.0106. The van der Waals surface area contributed by atoms with E-state index >= 15 is 0 Å². The SMILES string of the molecule is CCOCc1cc2cnc(NC3CCN(S(=O)(=O)c4cccc(CC(C)CN5CCC(c6ccc7c(N8CCC(=O)NC8=O)nn(C)c7c6)CC5)c4)CC3)nc2n(C)c1=O. The van der Waals surface area contributed by atoms with E-state index in [0.29, 0.717) is 78.8 Å². The van der Waals surface area contributed by atoms with Crippen LogP contribution in [0.5, 0.6) is 0 Å². The van der Waals surface area contributed by atoms with Gasteiger partial charge in [-0.25, -0.2) is 18.2 Å². The molecular formula is C43H54N10O6S. The summed E-state index contributed by atoms with van der Waals surface area (Å²) in [4.78, 5) is 50.5. The van der Waals surface area contributed by atoms with Crippen LogP contribution in [0, 0.1) is 5.92 Å². The lowest BCUT2D eigenvalue weighted by atomic mass is 9.88. The average molecular weight is 839 g/mol. The summed E-state index contributed by atoms with van der Waals surface area (Å²) >= 11 is 0. The number of aromatic nitrogens is 5. The second-order valence-electron chi connectivity index (χ2n) is 16.5. The van der Waals surface area contributed by atoms with E-state index < -0.39 is 16.1 Å². The standard InChI is InChI=1S/C43H54N10O6S/c1-5-59-27-33-23-32-25-44-42(47-39(32)49(3)41(33)55)45-34-13-18-52(19-14-34)60(57,58)35-8-6-7-29(22-35)21-28(2)26-51-16-11-30(12-17-51)31-9-10-36-37(24-31)50(4)48-40(36)53-20-15-38(54)46-43(53)56/h6-10,22-25,28,30,34H,5,11-21,26-27H2,1-4H3,(H,44,45,47)(H,46,54,56). The molecule has 318 valence electrons. The minimum atomic E-state index is -3.67. The molecule has 0 spiro atoms. The number of benzene rings is 2. The molecule has 2 N–H and O–H groups in total. The number of carbonyl (C=O) groups excluding carboxylic acids is 2. The van der Waals surface area contributed by atoms with Gasteiger partial charge in [-0.3, -0.25) is 29.1 Å². The topological polar surface area (TPSA) is 177 Å². The molecule has 2 aromatic carbocycles. The molecule has 3 aliphatic heterocycles. The first kappa shape index (κ1) is 41.5. The number of urea groups is 1. The van der Waals surface area contributed by atoms with Gasteiger partial charge in [0, 0.05) is 81.9 Å². The molecule has 5 aromatic rings. The number of nitrogens with one attached hydrogen (secondary N) is 2. The number of imide groups is 1. The van der Waals surface area contributed by atoms with E-state index in [1.54, 1.807) is 34.6 Å². The largest absolute Gasteiger partial charge is 0.377 e. The number of carbonyl (C=O) groups is 2. The number of hydrogen-bond donors (Lipinski definition) is 2. The van der Waals surface area contributed by atoms with Crippen molar-refractivity contribution < 1.29 is 22.7 Å². The lowest BCUT2D eigenvalue weighted by molar-refractivity contribution is -0.120. The average Bonchev–Trinajstić information content (AvgIpc) is 3.57. The number of aryl methyl sites for hydroxylation is 2. The zero-order valence-electron chi connectivity index (χ0n) is 34.8. The van der Waals surface area contributed by atoms with Crippen LogP contribution in [0.4, 0.5) is 16.6 Å². The first-order valence-corrected chi connectivity index (χ1v) is 22.4. The van der Waals surface area contributed by atoms with E-state index in [9.17, 15) is 22.8 Å². The Morgan fingerprint density at radius 2 is 1.75 bits per heavy atom. The van der Waals surface area contributed by atoms with E-state index in [1.807, 2.05) is 42.9 Å². The maximum atomic E-state index is 13.8. The number of hydrogen-bond acceptors (Lipinski definition) is 11. The van der Waals surface area contributed by atoms with E-state index in [1.165, 1.54) is 10.1 Å². The Labute approximate surface area is 349 Å². The third-order valence-electron chi connectivity index (χ3n) is 12.2. The summed E-state index contributed by atoms with van der Waals surface area (Å²) in [6.45, 7) is 8.82. The number of rotatable bonds is 13. The molecule has 60 heavy (non-hydrogen) atoms. The summed E-state index contributed by atoms with van der Waals surface area (Å²) in [6.07, 6.45) is 6.00. The molecule has 0 bridgehead atoms. The summed E-state index contributed by atoms with van der Waals surface area (Å²) in [6, 6.07) is 15.1. The van der Waals surface area contributed by atoms with Crippen molar-refractivity contribution >= 4 is 55.7 Å². The molecule has 6 heterocycles. The van der Waals surface area contributed by atoms with Crippen LogP contribution < -0.4 is 21.1 Å². The van der Waals surface area contributed by atoms with Gasteiger partial charge < -0.3 is 15.0 Å². The molecule has 3 fully saturated rings. The Hall–Kier alpha value is -5.23. The molecule has 0 aliphatic carbocycles. The number of ether oxygens (including phenoxy) is 1. The third kappa shape index (κ3) is 8.66. The minimum Gasteiger partial charge on any atom is -0.377 e. The van der Waals surface area contributed by atoms with Crippen LogP contribution in [0.2, 0.25) is 0 Å². The molecule has 1 unspecified atom stereocenters. The Morgan fingerprint density at radius 3 is 2.50 bits per heavy atom. The lowest BCUT2D eigenvalue weighted by Crippen LogP contribution is -2.49. The van der Waals surface area contributed by atoms with Gasteiger partial charge in [-0.05, 0) is 105 Å². The zero-order valence-corrected chi connectivity index (χ0v) is 35.6. The highest BCUT2D eigenvalue weighted by atomic mass is 32.2. The van der Waals surface area contributed by atoms with Crippen LogP contribution in [-0.4, -0.2) is 106 Å². The Balaban J connectivity index is 0.823. The van der Waals surface area contributed by atoms with Gasteiger partial charge in [0.05, 0.1) is 17.0 Å². The Bertz CT molecular complexity index is 2580. The van der Waals surface area contributed by atoms with Gasteiger partial charge in [0.15, 0.2) is 5.82 Å². The first-order chi connectivity index (χ1) is 28.9. The number of amides is 3. The number of pyridine rings is 1. The lowest BCUT2D eigenvalue weighted by Gasteiger charge is -2.34. The molecule has 3 amide bonds. The molecule has 8 rings (SSSR count). The van der Waals surface area contributed by atoms with Crippen LogP contribution in [0.1, 0.15) is 68.6 Å². The molecular weight excluding hydrogens is 785 g/mol. The first-order valence-electron chi connectivity index (χ1n) is 21.0. The van der Waals surface area contributed by atoms with Crippen molar-refractivity contribution in [1.82, 2.24) is 38.8 Å². The van der Waals surface area contributed by atoms with Crippen LogP contribution in [0.3, 0.4) is 0 Å². The summed E-state index contributed by atoms with van der Waals surface area (Å²) in [5.74, 6) is 1.47. The summed E-state index contributed by atoms with van der Waals surface area (Å²) in [5, 5.41) is 12.0. The van der Waals surface area contributed by atoms with Crippen LogP contribution in [-0.2, 0) is 46.7 Å². The van der Waals surface area contributed by atoms with Crippen molar-refractivity contribution in [2.75, 3.05) is 56.1 Å². The highest BCUT2D eigenvalue weighted by molar-refractivity contribution is 7.89. The fourth-order valence-electron chi connectivity index (χ4n) is 8.94. The van der Waals surface area contributed by atoms with Crippen LogP contribution >= 0.6 is 0 Å². The van der Waals surface area contributed by atoms with E-state index in [0.717, 1.165) is 60.7 Å². The second-order valence-corrected chi connectivity index (χ2v) is 18.4. The highest BCUT2D eigenvalue weighted by Crippen LogP contribution is 2.34. The van der Waals surface area contributed by atoms with Crippen molar-refractivity contribution in [1.29, 1.82) is 0 Å². The number of sulfonamides is 1. The quantitative estimate of drug-likeness (QED) is 0.171. The zero-order chi connectivity index (χ0) is 42.1. The highest BCUT2D eigenvalue weighted by Gasteiger charge is 2.31. The number of fused-ring (bicyclic) bond motifs is 2. The molecule has 16 nitrogen and oxygen atoms in total. The second kappa shape index (κ2) is 17.4. The van der Waals surface area contributed by atoms with Crippen LogP contribution in [0.15, 0.2) is 64.4 Å². The summed E-state index contributed by atoms with van der Waals surface area (Å²) in [7, 11) is -0.0986. The number of anilines is 2.